The number of pyridine rings is 1. The molecule has 0 unspecified atom stereocenters. The van der Waals surface area contributed by atoms with Gasteiger partial charge in [0.1, 0.15) is 12.4 Å². The molecular formula is C23H23N3O2. The zero-order valence-corrected chi connectivity index (χ0v) is 16.1. The third-order valence-corrected chi connectivity index (χ3v) is 4.81. The molecule has 0 radical (unpaired) electrons. The van der Waals surface area contributed by atoms with Crippen LogP contribution in [0.15, 0.2) is 48.5 Å². The molecule has 1 heterocycles. The quantitative estimate of drug-likeness (QED) is 0.601. The van der Waals surface area contributed by atoms with Gasteiger partial charge in [0.05, 0.1) is 23.8 Å². The molecule has 0 bridgehead atoms. The van der Waals surface area contributed by atoms with Crippen LogP contribution < -0.4 is 4.74 Å². The summed E-state index contributed by atoms with van der Waals surface area (Å²) in [6, 6.07) is 17.0. The zero-order valence-electron chi connectivity index (χ0n) is 16.1. The standard InChI is InChI=1S/C23H23N3O2/c1-3-18(13-27)23(25)21-10-15(2)26-22-11-19(8-9-20(21)22)28-14-17-6-4-16(12-24)5-7-17/h4-11,18,25,27H,3,13-14H2,1-2H3/t18-/m1/s1. The molecule has 2 N–H and O–H groups in total. The van der Waals surface area contributed by atoms with E-state index in [2.05, 4.69) is 11.1 Å². The summed E-state index contributed by atoms with van der Waals surface area (Å²) in [7, 11) is 0. The van der Waals surface area contributed by atoms with E-state index in [1.807, 2.05) is 50.2 Å². The Kier molecular flexibility index (Phi) is 6.03. The van der Waals surface area contributed by atoms with Gasteiger partial charge in [-0.25, -0.2) is 0 Å². The molecular weight excluding hydrogens is 350 g/mol. The van der Waals surface area contributed by atoms with Crippen molar-refractivity contribution in [3.63, 3.8) is 0 Å². The fraction of sp³-hybridized carbons (Fsp3) is 0.261. The second kappa shape index (κ2) is 8.64. The highest BCUT2D eigenvalue weighted by Gasteiger charge is 2.17. The number of ether oxygens (including phenoxy) is 1. The number of aromatic nitrogens is 1. The Morgan fingerprint density at radius 2 is 1.96 bits per heavy atom. The van der Waals surface area contributed by atoms with E-state index in [9.17, 15) is 5.11 Å². The van der Waals surface area contributed by atoms with E-state index < -0.39 is 0 Å². The minimum Gasteiger partial charge on any atom is -0.489 e. The van der Waals surface area contributed by atoms with Crippen molar-refractivity contribution in [1.82, 2.24) is 4.98 Å². The van der Waals surface area contributed by atoms with Crippen LogP contribution in [0.3, 0.4) is 0 Å². The number of fused-ring (bicyclic) bond motifs is 1. The highest BCUT2D eigenvalue weighted by atomic mass is 16.5. The highest BCUT2D eigenvalue weighted by Crippen LogP contribution is 2.26. The van der Waals surface area contributed by atoms with Crippen molar-refractivity contribution in [3.05, 3.63) is 70.9 Å². The number of hydrogen-bond acceptors (Lipinski definition) is 5. The molecule has 0 saturated heterocycles. The first-order chi connectivity index (χ1) is 13.5. The number of aliphatic hydroxyl groups excluding tert-OH is 1. The summed E-state index contributed by atoms with van der Waals surface area (Å²) in [5, 5.41) is 27.8. The van der Waals surface area contributed by atoms with Crippen molar-refractivity contribution in [2.24, 2.45) is 5.92 Å². The van der Waals surface area contributed by atoms with E-state index in [0.29, 0.717) is 30.1 Å². The summed E-state index contributed by atoms with van der Waals surface area (Å²) in [6.45, 7) is 4.24. The summed E-state index contributed by atoms with van der Waals surface area (Å²) in [6.07, 6.45) is 0.712. The first-order valence-electron chi connectivity index (χ1n) is 9.28. The molecule has 3 aromatic rings. The third kappa shape index (κ3) is 4.19. The van der Waals surface area contributed by atoms with Gasteiger partial charge >= 0.3 is 0 Å². The van der Waals surface area contributed by atoms with E-state index >= 15 is 0 Å². The molecule has 1 atom stereocenters. The minimum atomic E-state index is -0.183. The maximum atomic E-state index is 9.56. The van der Waals surface area contributed by atoms with Crippen molar-refractivity contribution >= 4 is 16.6 Å². The average Bonchev–Trinajstić information content (AvgIpc) is 2.72. The van der Waals surface area contributed by atoms with E-state index in [4.69, 9.17) is 15.4 Å². The third-order valence-electron chi connectivity index (χ3n) is 4.81. The van der Waals surface area contributed by atoms with Crippen LogP contribution in [-0.4, -0.2) is 22.4 Å². The van der Waals surface area contributed by atoms with Crippen LogP contribution in [0.25, 0.3) is 10.9 Å². The Hall–Kier alpha value is -3.23. The van der Waals surface area contributed by atoms with E-state index in [1.165, 1.54) is 0 Å². The van der Waals surface area contributed by atoms with Crippen LogP contribution in [0.4, 0.5) is 0 Å². The molecule has 0 aliphatic rings. The van der Waals surface area contributed by atoms with Crippen LogP contribution in [0, 0.1) is 29.6 Å². The van der Waals surface area contributed by atoms with E-state index in [1.54, 1.807) is 12.1 Å². The molecule has 0 aliphatic carbocycles. The maximum absolute atomic E-state index is 9.56. The molecule has 5 nitrogen and oxygen atoms in total. The Balaban J connectivity index is 1.87. The first-order valence-corrected chi connectivity index (χ1v) is 9.28. The largest absolute Gasteiger partial charge is 0.489 e. The predicted molar refractivity (Wildman–Crippen MR) is 110 cm³/mol. The second-order valence-electron chi connectivity index (χ2n) is 6.79. The summed E-state index contributed by atoms with van der Waals surface area (Å²) in [4.78, 5) is 4.59. The lowest BCUT2D eigenvalue weighted by Gasteiger charge is -2.16. The first kappa shape index (κ1) is 19.5. The SMILES string of the molecule is CC[C@H](CO)C(=N)c1cc(C)nc2cc(OCc3ccc(C#N)cc3)ccc12. The molecule has 0 spiro atoms. The Morgan fingerprint density at radius 3 is 2.61 bits per heavy atom. The average molecular weight is 373 g/mol. The van der Waals surface area contributed by atoms with Gasteiger partial charge in [0.25, 0.3) is 0 Å². The molecule has 0 saturated carbocycles. The molecule has 0 amide bonds. The summed E-state index contributed by atoms with van der Waals surface area (Å²) in [5.41, 5.74) is 4.44. The van der Waals surface area contributed by atoms with Gasteiger partial charge < -0.3 is 15.3 Å². The number of rotatable bonds is 7. The van der Waals surface area contributed by atoms with Crippen molar-refractivity contribution in [2.75, 3.05) is 6.61 Å². The number of nitriles is 1. The number of hydrogen-bond donors (Lipinski definition) is 2. The van der Waals surface area contributed by atoms with Gasteiger partial charge in [-0.1, -0.05) is 19.1 Å². The van der Waals surface area contributed by atoms with Gasteiger partial charge in [-0.2, -0.15) is 5.26 Å². The number of nitrogens with one attached hydrogen (secondary N) is 1. The van der Waals surface area contributed by atoms with E-state index in [-0.39, 0.29) is 12.5 Å². The predicted octanol–water partition coefficient (Wildman–Crippen LogP) is 4.38. The van der Waals surface area contributed by atoms with Crippen LogP contribution in [0.1, 0.15) is 35.7 Å². The normalized spacial score (nSPS) is 11.8. The van der Waals surface area contributed by atoms with Gasteiger partial charge in [0.15, 0.2) is 0 Å². The van der Waals surface area contributed by atoms with Gasteiger partial charge in [-0.15, -0.1) is 0 Å². The lowest BCUT2D eigenvalue weighted by Crippen LogP contribution is -2.18. The molecule has 1 aromatic heterocycles. The Bertz CT molecular complexity index is 1030. The Morgan fingerprint density at radius 1 is 1.21 bits per heavy atom. The topological polar surface area (TPSA) is 90.0 Å². The molecule has 2 aromatic carbocycles. The van der Waals surface area contributed by atoms with Crippen molar-refractivity contribution in [2.45, 2.75) is 26.9 Å². The van der Waals surface area contributed by atoms with Gasteiger partial charge in [0.2, 0.25) is 0 Å². The maximum Gasteiger partial charge on any atom is 0.122 e. The molecule has 0 aliphatic heterocycles. The van der Waals surface area contributed by atoms with Crippen LogP contribution in [0.2, 0.25) is 0 Å². The highest BCUT2D eigenvalue weighted by molar-refractivity contribution is 6.10. The zero-order chi connectivity index (χ0) is 20.1. The van der Waals surface area contributed by atoms with Crippen LogP contribution >= 0.6 is 0 Å². The fourth-order valence-corrected chi connectivity index (χ4v) is 3.14. The second-order valence-corrected chi connectivity index (χ2v) is 6.79. The van der Waals surface area contributed by atoms with Crippen molar-refractivity contribution in [3.8, 4) is 11.8 Å². The van der Waals surface area contributed by atoms with Gasteiger partial charge in [-0.3, -0.25) is 4.98 Å². The summed E-state index contributed by atoms with van der Waals surface area (Å²) in [5.74, 6) is 0.513. The molecule has 142 valence electrons. The van der Waals surface area contributed by atoms with Gasteiger partial charge in [0, 0.05) is 34.3 Å². The Labute approximate surface area is 164 Å². The number of aryl methyl sites for hydroxylation is 1. The van der Waals surface area contributed by atoms with E-state index in [0.717, 1.165) is 27.7 Å². The number of nitrogens with zero attached hydrogens (tertiary/aromatic N) is 2. The lowest BCUT2D eigenvalue weighted by atomic mass is 9.92. The summed E-state index contributed by atoms with van der Waals surface area (Å²) < 4.78 is 5.89. The molecule has 28 heavy (non-hydrogen) atoms. The van der Waals surface area contributed by atoms with Crippen LogP contribution in [-0.2, 0) is 6.61 Å². The number of benzene rings is 2. The molecule has 3 rings (SSSR count). The lowest BCUT2D eigenvalue weighted by molar-refractivity contribution is 0.258. The van der Waals surface area contributed by atoms with Crippen molar-refractivity contribution in [1.29, 1.82) is 10.7 Å². The molecule has 5 heteroatoms. The fourth-order valence-electron chi connectivity index (χ4n) is 3.14. The van der Waals surface area contributed by atoms with Gasteiger partial charge in [-0.05, 0) is 49.2 Å². The van der Waals surface area contributed by atoms with Crippen LogP contribution in [0.5, 0.6) is 5.75 Å². The van der Waals surface area contributed by atoms with Crippen molar-refractivity contribution < 1.29 is 9.84 Å². The number of aliphatic hydroxyl groups is 1. The molecule has 0 fully saturated rings. The monoisotopic (exact) mass is 373 g/mol. The minimum absolute atomic E-state index is 0.0377. The smallest absolute Gasteiger partial charge is 0.122 e. The summed E-state index contributed by atoms with van der Waals surface area (Å²) >= 11 is 0.